The van der Waals surface area contributed by atoms with Gasteiger partial charge in [0.05, 0.1) is 17.9 Å². The summed E-state index contributed by atoms with van der Waals surface area (Å²) in [6.07, 6.45) is 2.34. The molecule has 0 aliphatic rings. The summed E-state index contributed by atoms with van der Waals surface area (Å²) in [4.78, 5) is 4.06. The lowest BCUT2D eigenvalue weighted by atomic mass is 10.1. The lowest BCUT2D eigenvalue weighted by Gasteiger charge is -2.00. The maximum Gasteiger partial charge on any atom is 0.101 e. The molecule has 0 aromatic carbocycles. The molecule has 0 atom stereocenters. The van der Waals surface area contributed by atoms with Crippen molar-refractivity contribution in [1.82, 2.24) is 4.98 Å². The molecule has 62 valence electrons. The van der Waals surface area contributed by atoms with Crippen LogP contribution in [0.5, 0.6) is 0 Å². The van der Waals surface area contributed by atoms with Crippen molar-refractivity contribution in [3.8, 4) is 6.07 Å². The maximum atomic E-state index is 8.77. The normalized spacial score (nSPS) is 9.42. The second-order valence-electron chi connectivity index (χ2n) is 2.46. The Morgan fingerprint density at radius 1 is 1.67 bits per heavy atom. The third-order valence-electron chi connectivity index (χ3n) is 1.66. The SMILES string of the molecule is CCc1ncc(CO)cc1C#N. The number of rotatable bonds is 2. The largest absolute Gasteiger partial charge is 0.392 e. The number of aromatic nitrogens is 1. The monoisotopic (exact) mass is 162 g/mol. The highest BCUT2D eigenvalue weighted by Crippen LogP contribution is 2.08. The van der Waals surface area contributed by atoms with Gasteiger partial charge in [-0.3, -0.25) is 4.98 Å². The molecule has 0 fully saturated rings. The van der Waals surface area contributed by atoms with Crippen LogP contribution in [0.1, 0.15) is 23.7 Å². The van der Waals surface area contributed by atoms with Gasteiger partial charge in [-0.05, 0) is 18.1 Å². The average Bonchev–Trinajstić information content (AvgIpc) is 2.16. The number of nitrogens with zero attached hydrogens (tertiary/aromatic N) is 2. The molecule has 0 spiro atoms. The summed E-state index contributed by atoms with van der Waals surface area (Å²) in [5.74, 6) is 0. The van der Waals surface area contributed by atoms with Gasteiger partial charge in [-0.25, -0.2) is 0 Å². The number of hydrogen-bond donors (Lipinski definition) is 1. The van der Waals surface area contributed by atoms with Gasteiger partial charge < -0.3 is 5.11 Å². The van der Waals surface area contributed by atoms with E-state index in [1.165, 1.54) is 0 Å². The zero-order valence-corrected chi connectivity index (χ0v) is 6.91. The minimum Gasteiger partial charge on any atom is -0.392 e. The van der Waals surface area contributed by atoms with Crippen LogP contribution in [0.15, 0.2) is 12.3 Å². The molecule has 1 rings (SSSR count). The molecule has 1 heterocycles. The van der Waals surface area contributed by atoms with E-state index >= 15 is 0 Å². The molecule has 0 radical (unpaired) electrons. The Bertz CT molecular complexity index is 315. The average molecular weight is 162 g/mol. The van der Waals surface area contributed by atoms with Crippen LogP contribution < -0.4 is 0 Å². The fourth-order valence-corrected chi connectivity index (χ4v) is 1.00. The van der Waals surface area contributed by atoms with E-state index in [1.54, 1.807) is 12.3 Å². The van der Waals surface area contributed by atoms with E-state index in [1.807, 2.05) is 13.0 Å². The summed E-state index contributed by atoms with van der Waals surface area (Å²) in [7, 11) is 0. The van der Waals surface area contributed by atoms with E-state index in [0.717, 1.165) is 12.1 Å². The molecular weight excluding hydrogens is 152 g/mol. The molecule has 12 heavy (non-hydrogen) atoms. The van der Waals surface area contributed by atoms with E-state index in [4.69, 9.17) is 10.4 Å². The van der Waals surface area contributed by atoms with Crippen LogP contribution >= 0.6 is 0 Å². The summed E-state index contributed by atoms with van der Waals surface area (Å²) in [5.41, 5.74) is 2.03. The molecule has 0 saturated heterocycles. The first kappa shape index (κ1) is 8.69. The number of pyridine rings is 1. The Hall–Kier alpha value is -1.40. The maximum absolute atomic E-state index is 8.77. The third-order valence-corrected chi connectivity index (χ3v) is 1.66. The zero-order valence-electron chi connectivity index (χ0n) is 6.91. The van der Waals surface area contributed by atoms with E-state index in [-0.39, 0.29) is 6.61 Å². The highest BCUT2D eigenvalue weighted by molar-refractivity contribution is 5.35. The predicted molar refractivity (Wildman–Crippen MR) is 44.3 cm³/mol. The fourth-order valence-electron chi connectivity index (χ4n) is 1.00. The second-order valence-corrected chi connectivity index (χ2v) is 2.46. The van der Waals surface area contributed by atoms with Gasteiger partial charge in [0.25, 0.3) is 0 Å². The minimum absolute atomic E-state index is 0.0638. The first-order chi connectivity index (χ1) is 5.81. The van der Waals surface area contributed by atoms with Gasteiger partial charge in [0.1, 0.15) is 6.07 Å². The van der Waals surface area contributed by atoms with E-state index in [9.17, 15) is 0 Å². The van der Waals surface area contributed by atoms with Gasteiger partial charge in [0.2, 0.25) is 0 Å². The molecule has 3 heteroatoms. The fraction of sp³-hybridized carbons (Fsp3) is 0.333. The molecule has 0 amide bonds. The first-order valence-corrected chi connectivity index (χ1v) is 3.80. The number of aliphatic hydroxyl groups is 1. The summed E-state index contributed by atoms with van der Waals surface area (Å²) in [6.45, 7) is 1.88. The Morgan fingerprint density at radius 3 is 2.92 bits per heavy atom. The van der Waals surface area contributed by atoms with Crippen molar-refractivity contribution in [3.63, 3.8) is 0 Å². The Kier molecular flexibility index (Phi) is 2.78. The topological polar surface area (TPSA) is 56.9 Å². The number of aryl methyl sites for hydroxylation is 1. The molecule has 1 aromatic rings. The van der Waals surface area contributed by atoms with Gasteiger partial charge in [0.15, 0.2) is 0 Å². The zero-order chi connectivity index (χ0) is 8.97. The van der Waals surface area contributed by atoms with Gasteiger partial charge in [0, 0.05) is 6.20 Å². The lowest BCUT2D eigenvalue weighted by Crippen LogP contribution is -1.95. The Labute approximate surface area is 71.3 Å². The minimum atomic E-state index is -0.0638. The van der Waals surface area contributed by atoms with E-state index < -0.39 is 0 Å². The van der Waals surface area contributed by atoms with E-state index in [2.05, 4.69) is 4.98 Å². The van der Waals surface area contributed by atoms with Gasteiger partial charge in [-0.15, -0.1) is 0 Å². The Morgan fingerprint density at radius 2 is 2.42 bits per heavy atom. The van der Waals surface area contributed by atoms with Gasteiger partial charge in [-0.1, -0.05) is 6.92 Å². The molecule has 0 saturated carbocycles. The number of aliphatic hydroxyl groups excluding tert-OH is 1. The second kappa shape index (κ2) is 3.84. The molecule has 0 unspecified atom stereocenters. The van der Waals surface area contributed by atoms with Crippen molar-refractivity contribution in [2.45, 2.75) is 20.0 Å². The molecule has 0 aliphatic heterocycles. The molecule has 3 nitrogen and oxygen atoms in total. The highest BCUT2D eigenvalue weighted by atomic mass is 16.3. The van der Waals surface area contributed by atoms with E-state index in [0.29, 0.717) is 11.1 Å². The van der Waals surface area contributed by atoms with Crippen molar-refractivity contribution in [2.24, 2.45) is 0 Å². The van der Waals surface area contributed by atoms with Crippen molar-refractivity contribution >= 4 is 0 Å². The van der Waals surface area contributed by atoms with Crippen LogP contribution in [0, 0.1) is 11.3 Å². The van der Waals surface area contributed by atoms with Crippen LogP contribution in [0.25, 0.3) is 0 Å². The van der Waals surface area contributed by atoms with Gasteiger partial charge >= 0.3 is 0 Å². The standard InChI is InChI=1S/C9H10N2O/c1-2-9-8(4-10)3-7(6-12)5-11-9/h3,5,12H,2,6H2,1H3. The van der Waals surface area contributed by atoms with Gasteiger partial charge in [-0.2, -0.15) is 5.26 Å². The van der Waals surface area contributed by atoms with Crippen molar-refractivity contribution in [1.29, 1.82) is 5.26 Å². The smallest absolute Gasteiger partial charge is 0.101 e. The van der Waals surface area contributed by atoms with Crippen LogP contribution in [-0.2, 0) is 13.0 Å². The predicted octanol–water partition coefficient (Wildman–Crippen LogP) is 1.01. The Balaban J connectivity index is 3.13. The molecule has 1 aromatic heterocycles. The summed E-state index contributed by atoms with van der Waals surface area (Å²) >= 11 is 0. The van der Waals surface area contributed by atoms with Crippen LogP contribution in [0.4, 0.5) is 0 Å². The van der Waals surface area contributed by atoms with Crippen molar-refractivity contribution in [2.75, 3.05) is 0 Å². The lowest BCUT2D eigenvalue weighted by molar-refractivity contribution is 0.281. The summed E-state index contributed by atoms with van der Waals surface area (Å²) < 4.78 is 0. The summed E-state index contributed by atoms with van der Waals surface area (Å²) in [5, 5.41) is 17.5. The number of nitriles is 1. The molecular formula is C9H10N2O. The highest BCUT2D eigenvalue weighted by Gasteiger charge is 2.01. The van der Waals surface area contributed by atoms with Crippen molar-refractivity contribution in [3.05, 3.63) is 29.1 Å². The van der Waals surface area contributed by atoms with Crippen LogP contribution in [-0.4, -0.2) is 10.1 Å². The van der Waals surface area contributed by atoms with Crippen LogP contribution in [0.3, 0.4) is 0 Å². The third kappa shape index (κ3) is 1.60. The first-order valence-electron chi connectivity index (χ1n) is 3.80. The quantitative estimate of drug-likeness (QED) is 0.706. The summed E-state index contributed by atoms with van der Waals surface area (Å²) in [6, 6.07) is 3.72. The van der Waals surface area contributed by atoms with Crippen LogP contribution in [0.2, 0.25) is 0 Å². The number of hydrogen-bond acceptors (Lipinski definition) is 3. The van der Waals surface area contributed by atoms with Crippen molar-refractivity contribution < 1.29 is 5.11 Å². The molecule has 0 bridgehead atoms. The molecule has 0 aliphatic carbocycles. The molecule has 1 N–H and O–H groups in total.